The van der Waals surface area contributed by atoms with Gasteiger partial charge in [0, 0.05) is 32.8 Å². The van der Waals surface area contributed by atoms with E-state index in [1.807, 2.05) is 25.6 Å². The number of amides is 1. The highest BCUT2D eigenvalue weighted by Gasteiger charge is 2.14. The maximum absolute atomic E-state index is 12.1. The van der Waals surface area contributed by atoms with Crippen LogP contribution in [0.2, 0.25) is 0 Å². The molecule has 0 radical (unpaired) electrons. The van der Waals surface area contributed by atoms with Crippen LogP contribution in [0.25, 0.3) is 0 Å². The number of nitrogens with zero attached hydrogens (tertiary/aromatic N) is 3. The first-order valence-corrected chi connectivity index (χ1v) is 7.25. The van der Waals surface area contributed by atoms with E-state index < -0.39 is 0 Å². The van der Waals surface area contributed by atoms with E-state index in [1.54, 1.807) is 18.9 Å². The first kappa shape index (κ1) is 17.2. The van der Waals surface area contributed by atoms with Gasteiger partial charge in [0.25, 0.3) is 0 Å². The van der Waals surface area contributed by atoms with Gasteiger partial charge in [-0.3, -0.25) is 14.3 Å². The average Bonchev–Trinajstić information content (AvgIpc) is 2.67. The molecule has 0 atom stereocenters. The van der Waals surface area contributed by atoms with Crippen molar-refractivity contribution in [1.82, 2.24) is 14.7 Å². The predicted octanol–water partition coefficient (Wildman–Crippen LogP) is 1.38. The molecule has 6 heteroatoms. The average molecular weight is 295 g/mol. The van der Waals surface area contributed by atoms with Gasteiger partial charge >= 0.3 is 5.97 Å². The van der Waals surface area contributed by atoms with Crippen molar-refractivity contribution in [3.8, 4) is 0 Å². The zero-order valence-electron chi connectivity index (χ0n) is 13.6. The molecule has 0 aliphatic rings. The Morgan fingerprint density at radius 3 is 2.48 bits per heavy atom. The maximum Gasteiger partial charge on any atom is 0.307 e. The number of aryl methyl sites for hydroxylation is 2. The zero-order chi connectivity index (χ0) is 16.0. The highest BCUT2D eigenvalue weighted by molar-refractivity contribution is 5.77. The molecule has 0 unspecified atom stereocenters. The van der Waals surface area contributed by atoms with Crippen molar-refractivity contribution >= 4 is 11.9 Å². The fourth-order valence-corrected chi connectivity index (χ4v) is 2.22. The van der Waals surface area contributed by atoms with Gasteiger partial charge in [-0.15, -0.1) is 0 Å². The summed E-state index contributed by atoms with van der Waals surface area (Å²) in [5.74, 6) is -0.238. The molecule has 0 aliphatic heterocycles. The van der Waals surface area contributed by atoms with E-state index in [1.165, 1.54) is 0 Å². The maximum atomic E-state index is 12.1. The van der Waals surface area contributed by atoms with Crippen molar-refractivity contribution in [2.75, 3.05) is 20.2 Å². The lowest BCUT2D eigenvalue weighted by atomic mass is 10.1. The molecule has 118 valence electrons. The Hall–Kier alpha value is -1.85. The molecular weight excluding hydrogens is 270 g/mol. The highest BCUT2D eigenvalue weighted by Crippen LogP contribution is 2.14. The molecule has 1 amide bonds. The Labute approximate surface area is 126 Å². The summed E-state index contributed by atoms with van der Waals surface area (Å²) in [5.41, 5.74) is 3.19. The van der Waals surface area contributed by atoms with Crippen LogP contribution in [-0.4, -0.2) is 46.8 Å². The summed E-state index contributed by atoms with van der Waals surface area (Å²) in [4.78, 5) is 24.9. The Kier molecular flexibility index (Phi) is 6.39. The van der Waals surface area contributed by atoms with Crippen molar-refractivity contribution in [2.24, 2.45) is 7.05 Å². The summed E-state index contributed by atoms with van der Waals surface area (Å²) >= 11 is 0. The van der Waals surface area contributed by atoms with Crippen LogP contribution < -0.4 is 0 Å². The summed E-state index contributed by atoms with van der Waals surface area (Å²) in [7, 11) is 3.61. The van der Waals surface area contributed by atoms with Crippen LogP contribution in [0.15, 0.2) is 0 Å². The van der Waals surface area contributed by atoms with Gasteiger partial charge in [0.05, 0.1) is 18.7 Å². The first-order chi connectivity index (χ1) is 9.86. The van der Waals surface area contributed by atoms with Crippen LogP contribution in [0.3, 0.4) is 0 Å². The van der Waals surface area contributed by atoms with E-state index in [4.69, 9.17) is 4.74 Å². The molecule has 0 spiro atoms. The minimum absolute atomic E-state index is 0.0296. The number of esters is 1. The van der Waals surface area contributed by atoms with E-state index in [-0.39, 0.29) is 18.3 Å². The largest absolute Gasteiger partial charge is 0.466 e. The van der Waals surface area contributed by atoms with Gasteiger partial charge in [-0.1, -0.05) is 0 Å². The molecular formula is C15H25N3O3. The molecule has 0 saturated carbocycles. The smallest absolute Gasteiger partial charge is 0.307 e. The monoisotopic (exact) mass is 295 g/mol. The van der Waals surface area contributed by atoms with Crippen molar-refractivity contribution in [2.45, 2.75) is 40.0 Å². The summed E-state index contributed by atoms with van der Waals surface area (Å²) in [5, 5.41) is 4.34. The molecule has 1 heterocycles. The lowest BCUT2D eigenvalue weighted by molar-refractivity contribution is -0.143. The van der Waals surface area contributed by atoms with Crippen molar-refractivity contribution in [3.05, 3.63) is 17.0 Å². The highest BCUT2D eigenvalue weighted by atomic mass is 16.5. The fraction of sp³-hybridized carbons (Fsp3) is 0.667. The van der Waals surface area contributed by atoms with Crippen LogP contribution in [0, 0.1) is 13.8 Å². The number of aromatic nitrogens is 2. The second kappa shape index (κ2) is 7.81. The van der Waals surface area contributed by atoms with Crippen LogP contribution in [-0.2, 0) is 27.8 Å². The molecule has 1 aromatic heterocycles. The van der Waals surface area contributed by atoms with Gasteiger partial charge in [0.1, 0.15) is 0 Å². The summed E-state index contributed by atoms with van der Waals surface area (Å²) in [6.45, 7) is 6.49. The Bertz CT molecular complexity index is 509. The van der Waals surface area contributed by atoms with Gasteiger partial charge in [-0.05, 0) is 32.8 Å². The normalized spacial score (nSPS) is 10.5. The summed E-state index contributed by atoms with van der Waals surface area (Å²) in [6.07, 6.45) is 1.34. The second-order valence-corrected chi connectivity index (χ2v) is 5.14. The minimum Gasteiger partial charge on any atom is -0.466 e. The quantitative estimate of drug-likeness (QED) is 0.713. The SMILES string of the molecule is CCOC(=O)CCN(C)C(=O)CCc1c(C)nn(C)c1C. The molecule has 6 nitrogen and oxygen atoms in total. The Morgan fingerprint density at radius 1 is 1.29 bits per heavy atom. The molecule has 0 N–H and O–H groups in total. The molecule has 21 heavy (non-hydrogen) atoms. The number of ether oxygens (including phenoxy) is 1. The van der Waals surface area contributed by atoms with Crippen molar-refractivity contribution in [3.63, 3.8) is 0 Å². The van der Waals surface area contributed by atoms with Gasteiger partial charge in [0.15, 0.2) is 0 Å². The third kappa shape index (κ3) is 4.88. The first-order valence-electron chi connectivity index (χ1n) is 7.25. The van der Waals surface area contributed by atoms with E-state index >= 15 is 0 Å². The molecule has 1 rings (SSSR count). The number of carbonyl (C=O) groups is 2. The third-order valence-corrected chi connectivity index (χ3v) is 3.63. The van der Waals surface area contributed by atoms with E-state index in [9.17, 15) is 9.59 Å². The van der Waals surface area contributed by atoms with Gasteiger partial charge < -0.3 is 9.64 Å². The van der Waals surface area contributed by atoms with Crippen molar-refractivity contribution in [1.29, 1.82) is 0 Å². The van der Waals surface area contributed by atoms with Crippen LogP contribution in [0.1, 0.15) is 36.7 Å². The number of hydrogen-bond acceptors (Lipinski definition) is 4. The topological polar surface area (TPSA) is 64.4 Å². The standard InChI is InChI=1S/C15H25N3O3/c1-6-21-15(20)9-10-17(4)14(19)8-7-13-11(2)16-18(5)12(13)3/h6-10H2,1-5H3. The predicted molar refractivity (Wildman–Crippen MR) is 79.9 cm³/mol. The fourth-order valence-electron chi connectivity index (χ4n) is 2.22. The minimum atomic E-state index is -0.268. The number of carbonyl (C=O) groups excluding carboxylic acids is 2. The molecule has 0 aromatic carbocycles. The summed E-state index contributed by atoms with van der Waals surface area (Å²) in [6, 6.07) is 0. The molecule has 1 aromatic rings. The Morgan fingerprint density at radius 2 is 1.95 bits per heavy atom. The van der Waals surface area contributed by atoms with Crippen molar-refractivity contribution < 1.29 is 14.3 Å². The second-order valence-electron chi connectivity index (χ2n) is 5.14. The van der Waals surface area contributed by atoms with Crippen LogP contribution in [0.5, 0.6) is 0 Å². The van der Waals surface area contributed by atoms with E-state index in [2.05, 4.69) is 5.10 Å². The van der Waals surface area contributed by atoms with Gasteiger partial charge in [-0.2, -0.15) is 5.10 Å². The van der Waals surface area contributed by atoms with Crippen LogP contribution >= 0.6 is 0 Å². The lowest BCUT2D eigenvalue weighted by Crippen LogP contribution is -2.29. The molecule has 0 saturated heterocycles. The molecule has 0 fully saturated rings. The van der Waals surface area contributed by atoms with Gasteiger partial charge in [0.2, 0.25) is 5.91 Å². The third-order valence-electron chi connectivity index (χ3n) is 3.63. The molecule has 0 aliphatic carbocycles. The Balaban J connectivity index is 2.44. The number of rotatable bonds is 7. The van der Waals surface area contributed by atoms with Gasteiger partial charge in [-0.25, -0.2) is 0 Å². The number of hydrogen-bond donors (Lipinski definition) is 0. The zero-order valence-corrected chi connectivity index (χ0v) is 13.6. The lowest BCUT2D eigenvalue weighted by Gasteiger charge is -2.16. The van der Waals surface area contributed by atoms with Crippen LogP contribution in [0.4, 0.5) is 0 Å². The van der Waals surface area contributed by atoms with E-state index in [0.717, 1.165) is 17.0 Å². The van der Waals surface area contributed by atoms with E-state index in [0.29, 0.717) is 26.0 Å². The molecule has 0 bridgehead atoms. The summed E-state index contributed by atoms with van der Waals surface area (Å²) < 4.78 is 6.68.